The van der Waals surface area contributed by atoms with Crippen molar-refractivity contribution in [1.29, 1.82) is 0 Å². The van der Waals surface area contributed by atoms with Crippen LogP contribution in [-0.2, 0) is 7.05 Å². The molecule has 0 aliphatic carbocycles. The van der Waals surface area contributed by atoms with Crippen LogP contribution >= 0.6 is 15.9 Å². The summed E-state index contributed by atoms with van der Waals surface area (Å²) in [6.07, 6.45) is 4.37. The van der Waals surface area contributed by atoms with Crippen LogP contribution < -0.4 is 5.32 Å². The number of piperidine rings is 1. The lowest BCUT2D eigenvalue weighted by Crippen LogP contribution is -2.27. The summed E-state index contributed by atoms with van der Waals surface area (Å²) in [5.74, 6) is 1.81. The lowest BCUT2D eigenvalue weighted by atomic mass is 9.97. The summed E-state index contributed by atoms with van der Waals surface area (Å²) >= 11 is 3.47. The number of hydrogen-bond donors (Lipinski definition) is 1. The summed E-state index contributed by atoms with van der Waals surface area (Å²) in [6.45, 7) is 2.20. The number of rotatable bonds is 2. The maximum atomic E-state index is 4.66. The number of nitrogens with one attached hydrogen (secondary N) is 1. The van der Waals surface area contributed by atoms with E-state index in [-0.39, 0.29) is 0 Å². The molecule has 1 aliphatic rings. The molecule has 3 rings (SSSR count). The number of aromatic nitrogens is 2. The highest BCUT2D eigenvalue weighted by atomic mass is 79.9. The molecule has 1 fully saturated rings. The first-order valence-electron chi connectivity index (χ1n) is 6.74. The van der Waals surface area contributed by atoms with Gasteiger partial charge < -0.3 is 9.88 Å². The zero-order chi connectivity index (χ0) is 13.2. The Kier molecular flexibility index (Phi) is 3.71. The summed E-state index contributed by atoms with van der Waals surface area (Å²) in [7, 11) is 2.13. The van der Waals surface area contributed by atoms with Gasteiger partial charge in [-0.05, 0) is 43.6 Å². The van der Waals surface area contributed by atoms with E-state index in [1.54, 1.807) is 0 Å². The Bertz CT molecular complexity index is 553. The average molecular weight is 320 g/mol. The van der Waals surface area contributed by atoms with Crippen LogP contribution in [0.2, 0.25) is 0 Å². The normalized spacial score (nSPS) is 16.7. The van der Waals surface area contributed by atoms with Crippen molar-refractivity contribution in [3.63, 3.8) is 0 Å². The molecule has 1 aromatic carbocycles. The van der Waals surface area contributed by atoms with Crippen molar-refractivity contribution in [2.45, 2.75) is 18.8 Å². The molecule has 0 atom stereocenters. The monoisotopic (exact) mass is 319 g/mol. The van der Waals surface area contributed by atoms with Crippen molar-refractivity contribution >= 4 is 15.9 Å². The van der Waals surface area contributed by atoms with Gasteiger partial charge in [-0.25, -0.2) is 4.98 Å². The number of imidazole rings is 1. The van der Waals surface area contributed by atoms with E-state index in [4.69, 9.17) is 0 Å². The van der Waals surface area contributed by atoms with Gasteiger partial charge in [-0.3, -0.25) is 0 Å². The van der Waals surface area contributed by atoms with Crippen LogP contribution in [-0.4, -0.2) is 22.6 Å². The van der Waals surface area contributed by atoms with E-state index in [0.717, 1.165) is 17.6 Å². The Hall–Kier alpha value is -1.13. The molecule has 0 spiro atoms. The van der Waals surface area contributed by atoms with Crippen LogP contribution in [0.5, 0.6) is 0 Å². The highest BCUT2D eigenvalue weighted by Gasteiger charge is 2.20. The standard InChI is InChI=1S/C15H18BrN3/c1-19-14(11-2-4-13(16)5-3-11)10-18-15(19)12-6-8-17-9-7-12/h2-5,10,12,17H,6-9H2,1H3. The van der Waals surface area contributed by atoms with Crippen LogP contribution in [0.4, 0.5) is 0 Å². The van der Waals surface area contributed by atoms with Crippen LogP contribution in [0.25, 0.3) is 11.3 Å². The van der Waals surface area contributed by atoms with Gasteiger partial charge in [0, 0.05) is 17.4 Å². The first-order chi connectivity index (χ1) is 9.25. The van der Waals surface area contributed by atoms with E-state index >= 15 is 0 Å². The van der Waals surface area contributed by atoms with Gasteiger partial charge >= 0.3 is 0 Å². The van der Waals surface area contributed by atoms with Crippen molar-refractivity contribution in [3.05, 3.63) is 40.8 Å². The molecule has 0 saturated carbocycles. The van der Waals surface area contributed by atoms with E-state index in [9.17, 15) is 0 Å². The fourth-order valence-corrected chi connectivity index (χ4v) is 3.04. The van der Waals surface area contributed by atoms with Gasteiger partial charge in [0.05, 0.1) is 11.9 Å². The van der Waals surface area contributed by atoms with Crippen molar-refractivity contribution in [1.82, 2.24) is 14.9 Å². The second kappa shape index (κ2) is 5.47. The molecule has 2 heterocycles. The molecule has 1 aromatic heterocycles. The van der Waals surface area contributed by atoms with E-state index in [1.165, 1.54) is 29.9 Å². The summed E-state index contributed by atoms with van der Waals surface area (Å²) in [5.41, 5.74) is 2.42. The molecule has 3 nitrogen and oxygen atoms in total. The SMILES string of the molecule is Cn1c(-c2ccc(Br)cc2)cnc1C1CCNCC1. The lowest BCUT2D eigenvalue weighted by Gasteiger charge is -2.22. The summed E-state index contributed by atoms with van der Waals surface area (Å²) in [4.78, 5) is 4.66. The second-order valence-corrected chi connectivity index (χ2v) is 6.01. The molecule has 0 unspecified atom stereocenters. The van der Waals surface area contributed by atoms with Crippen molar-refractivity contribution in [2.24, 2.45) is 7.05 Å². The fourth-order valence-electron chi connectivity index (χ4n) is 2.77. The highest BCUT2D eigenvalue weighted by molar-refractivity contribution is 9.10. The largest absolute Gasteiger partial charge is 0.331 e. The number of halogens is 1. The lowest BCUT2D eigenvalue weighted by molar-refractivity contribution is 0.437. The number of nitrogens with zero attached hydrogens (tertiary/aromatic N) is 2. The summed E-state index contributed by atoms with van der Waals surface area (Å²) < 4.78 is 3.36. The van der Waals surface area contributed by atoms with Gasteiger partial charge in [0.15, 0.2) is 0 Å². The van der Waals surface area contributed by atoms with Gasteiger partial charge in [-0.2, -0.15) is 0 Å². The average Bonchev–Trinajstić information content (AvgIpc) is 2.83. The second-order valence-electron chi connectivity index (χ2n) is 5.09. The Morgan fingerprint density at radius 2 is 1.89 bits per heavy atom. The Balaban J connectivity index is 1.91. The van der Waals surface area contributed by atoms with Crippen LogP contribution in [0.15, 0.2) is 34.9 Å². The Morgan fingerprint density at radius 1 is 1.21 bits per heavy atom. The third-order valence-corrected chi connectivity index (χ3v) is 4.40. The van der Waals surface area contributed by atoms with E-state index in [1.807, 2.05) is 6.20 Å². The molecule has 2 aromatic rings. The molecular formula is C15H18BrN3. The number of hydrogen-bond acceptors (Lipinski definition) is 2. The zero-order valence-electron chi connectivity index (χ0n) is 11.1. The Labute approximate surface area is 122 Å². The van der Waals surface area contributed by atoms with E-state index in [2.05, 4.69) is 62.1 Å². The summed E-state index contributed by atoms with van der Waals surface area (Å²) in [6, 6.07) is 8.42. The maximum Gasteiger partial charge on any atom is 0.112 e. The minimum Gasteiger partial charge on any atom is -0.331 e. The molecule has 19 heavy (non-hydrogen) atoms. The topological polar surface area (TPSA) is 29.9 Å². The molecule has 0 bridgehead atoms. The van der Waals surface area contributed by atoms with Gasteiger partial charge in [-0.15, -0.1) is 0 Å². The molecule has 1 aliphatic heterocycles. The smallest absolute Gasteiger partial charge is 0.112 e. The van der Waals surface area contributed by atoms with Crippen molar-refractivity contribution in [3.8, 4) is 11.3 Å². The molecule has 100 valence electrons. The van der Waals surface area contributed by atoms with Crippen LogP contribution in [0.3, 0.4) is 0 Å². The van der Waals surface area contributed by atoms with Crippen molar-refractivity contribution < 1.29 is 0 Å². The quantitative estimate of drug-likeness (QED) is 0.920. The molecule has 1 N–H and O–H groups in total. The van der Waals surface area contributed by atoms with E-state index in [0.29, 0.717) is 5.92 Å². The van der Waals surface area contributed by atoms with Gasteiger partial charge in [-0.1, -0.05) is 28.1 Å². The number of benzene rings is 1. The predicted molar refractivity (Wildman–Crippen MR) is 81.2 cm³/mol. The van der Waals surface area contributed by atoms with E-state index < -0.39 is 0 Å². The minimum absolute atomic E-state index is 0.593. The van der Waals surface area contributed by atoms with Crippen molar-refractivity contribution in [2.75, 3.05) is 13.1 Å². The van der Waals surface area contributed by atoms with Crippen LogP contribution in [0, 0.1) is 0 Å². The van der Waals surface area contributed by atoms with Crippen LogP contribution in [0.1, 0.15) is 24.6 Å². The highest BCUT2D eigenvalue weighted by Crippen LogP contribution is 2.28. The molecule has 4 heteroatoms. The summed E-state index contributed by atoms with van der Waals surface area (Å²) in [5, 5.41) is 3.41. The molecular weight excluding hydrogens is 302 g/mol. The third kappa shape index (κ3) is 2.60. The predicted octanol–water partition coefficient (Wildman–Crippen LogP) is 3.32. The first kappa shape index (κ1) is 12.9. The zero-order valence-corrected chi connectivity index (χ0v) is 12.7. The molecule has 0 amide bonds. The fraction of sp³-hybridized carbons (Fsp3) is 0.400. The Morgan fingerprint density at radius 3 is 2.58 bits per heavy atom. The van der Waals surface area contributed by atoms with Gasteiger partial charge in [0.2, 0.25) is 0 Å². The van der Waals surface area contributed by atoms with Gasteiger partial charge in [0.25, 0.3) is 0 Å². The molecule has 0 radical (unpaired) electrons. The maximum absolute atomic E-state index is 4.66. The first-order valence-corrected chi connectivity index (χ1v) is 7.53. The molecule has 1 saturated heterocycles. The van der Waals surface area contributed by atoms with Gasteiger partial charge in [0.1, 0.15) is 5.82 Å². The minimum atomic E-state index is 0.593. The third-order valence-electron chi connectivity index (χ3n) is 3.87.